The molecule has 0 radical (unpaired) electrons. The molecule has 0 bridgehead atoms. The van der Waals surface area contributed by atoms with Gasteiger partial charge in [-0.05, 0) is 24.5 Å². The highest BCUT2D eigenvalue weighted by atomic mass is 16.5. The molecular weight excluding hydrogens is 386 g/mol. The van der Waals surface area contributed by atoms with Crippen LogP contribution in [0.25, 0.3) is 0 Å². The Morgan fingerprint density at radius 3 is 2.80 bits per heavy atom. The first-order chi connectivity index (χ1) is 14.6. The second kappa shape index (κ2) is 10.9. The van der Waals surface area contributed by atoms with Crippen LogP contribution in [0.4, 0.5) is 4.79 Å². The first-order valence-corrected chi connectivity index (χ1v) is 10.6. The number of esters is 1. The number of urea groups is 1. The lowest BCUT2D eigenvalue weighted by Crippen LogP contribution is -2.63. The van der Waals surface area contributed by atoms with Crippen LogP contribution in [0.5, 0.6) is 0 Å². The molecular formula is C21H31N5O4. The predicted octanol–water partition coefficient (Wildman–Crippen LogP) is 0.598. The number of pyridine rings is 1. The normalized spacial score (nSPS) is 20.8. The van der Waals surface area contributed by atoms with E-state index in [0.29, 0.717) is 19.6 Å². The Hall–Kier alpha value is -2.68. The first kappa shape index (κ1) is 22.0. The molecule has 0 spiro atoms. The van der Waals surface area contributed by atoms with Crippen molar-refractivity contribution < 1.29 is 19.1 Å². The first-order valence-electron chi connectivity index (χ1n) is 10.6. The van der Waals surface area contributed by atoms with Crippen molar-refractivity contribution in [2.75, 3.05) is 26.7 Å². The Morgan fingerprint density at radius 2 is 2.10 bits per heavy atom. The average molecular weight is 418 g/mol. The molecule has 3 amide bonds. The smallest absolute Gasteiger partial charge is 0.328 e. The standard InChI is InChI=1S/C21H31N5O4/c1-30-20(28)17(12-15-6-5-9-22-13-15)25-19(27)18-14-23-10-11-26(18)21(29)24-16-7-3-2-4-8-16/h5-6,9,13,16-18,23H,2-4,7-8,10-12,14H2,1H3,(H,24,29)(H,25,27). The number of rotatable bonds is 6. The van der Waals surface area contributed by atoms with Gasteiger partial charge in [0.05, 0.1) is 7.11 Å². The lowest BCUT2D eigenvalue weighted by molar-refractivity contribution is -0.145. The van der Waals surface area contributed by atoms with Gasteiger partial charge in [-0.3, -0.25) is 9.78 Å². The molecule has 2 atom stereocenters. The monoisotopic (exact) mass is 417 g/mol. The van der Waals surface area contributed by atoms with Crippen LogP contribution < -0.4 is 16.0 Å². The zero-order valence-electron chi connectivity index (χ0n) is 17.4. The maximum atomic E-state index is 13.0. The van der Waals surface area contributed by atoms with E-state index in [1.165, 1.54) is 13.5 Å². The quantitative estimate of drug-likeness (QED) is 0.584. The van der Waals surface area contributed by atoms with Gasteiger partial charge in [0, 0.05) is 44.5 Å². The molecule has 2 fully saturated rings. The third-order valence-corrected chi connectivity index (χ3v) is 5.70. The number of amides is 3. The van der Waals surface area contributed by atoms with E-state index in [-0.39, 0.29) is 24.4 Å². The molecule has 1 aliphatic heterocycles. The highest BCUT2D eigenvalue weighted by molar-refractivity contribution is 5.91. The van der Waals surface area contributed by atoms with Crippen LogP contribution >= 0.6 is 0 Å². The second-order valence-electron chi connectivity index (χ2n) is 7.85. The minimum absolute atomic E-state index is 0.165. The predicted molar refractivity (Wildman–Crippen MR) is 111 cm³/mol. The summed E-state index contributed by atoms with van der Waals surface area (Å²) in [5, 5.41) is 9.01. The topological polar surface area (TPSA) is 113 Å². The van der Waals surface area contributed by atoms with Gasteiger partial charge < -0.3 is 25.6 Å². The van der Waals surface area contributed by atoms with Crippen LogP contribution in [0.3, 0.4) is 0 Å². The molecule has 164 valence electrons. The number of piperazine rings is 1. The van der Waals surface area contributed by atoms with E-state index in [9.17, 15) is 14.4 Å². The summed E-state index contributed by atoms with van der Waals surface area (Å²) in [6.45, 7) is 1.39. The molecule has 2 heterocycles. The Bertz CT molecular complexity index is 723. The van der Waals surface area contributed by atoms with E-state index >= 15 is 0 Å². The largest absolute Gasteiger partial charge is 0.467 e. The molecule has 30 heavy (non-hydrogen) atoms. The second-order valence-corrected chi connectivity index (χ2v) is 7.85. The molecule has 1 aliphatic carbocycles. The van der Waals surface area contributed by atoms with Gasteiger partial charge in [-0.2, -0.15) is 0 Å². The molecule has 1 aromatic heterocycles. The van der Waals surface area contributed by atoms with Gasteiger partial charge in [0.25, 0.3) is 0 Å². The molecule has 1 saturated heterocycles. The maximum absolute atomic E-state index is 13.0. The fourth-order valence-corrected chi connectivity index (χ4v) is 4.04. The molecule has 1 saturated carbocycles. The lowest BCUT2D eigenvalue weighted by Gasteiger charge is -2.37. The van der Waals surface area contributed by atoms with Crippen LogP contribution in [0.1, 0.15) is 37.7 Å². The van der Waals surface area contributed by atoms with Crippen molar-refractivity contribution >= 4 is 17.9 Å². The fourth-order valence-electron chi connectivity index (χ4n) is 4.04. The van der Waals surface area contributed by atoms with Crippen molar-refractivity contribution in [3.05, 3.63) is 30.1 Å². The van der Waals surface area contributed by atoms with Crippen molar-refractivity contribution in [1.82, 2.24) is 25.8 Å². The molecule has 9 heteroatoms. The number of aromatic nitrogens is 1. The van der Waals surface area contributed by atoms with Crippen LogP contribution in [0, 0.1) is 0 Å². The molecule has 0 aromatic carbocycles. The minimum atomic E-state index is -0.850. The molecule has 3 rings (SSSR count). The van der Waals surface area contributed by atoms with Crippen molar-refractivity contribution in [2.24, 2.45) is 0 Å². The number of ether oxygens (including phenoxy) is 1. The zero-order chi connectivity index (χ0) is 21.3. The Balaban J connectivity index is 1.65. The number of carbonyl (C=O) groups excluding carboxylic acids is 3. The van der Waals surface area contributed by atoms with E-state index in [2.05, 4.69) is 20.9 Å². The van der Waals surface area contributed by atoms with Gasteiger partial charge in [-0.15, -0.1) is 0 Å². The van der Waals surface area contributed by atoms with E-state index in [0.717, 1.165) is 31.2 Å². The van der Waals surface area contributed by atoms with E-state index < -0.39 is 18.1 Å². The van der Waals surface area contributed by atoms with E-state index in [1.807, 2.05) is 6.07 Å². The van der Waals surface area contributed by atoms with Crippen LogP contribution in [0.2, 0.25) is 0 Å². The number of hydrogen-bond donors (Lipinski definition) is 3. The summed E-state index contributed by atoms with van der Waals surface area (Å²) in [5.74, 6) is -0.908. The van der Waals surface area contributed by atoms with Crippen molar-refractivity contribution in [1.29, 1.82) is 0 Å². The van der Waals surface area contributed by atoms with Crippen LogP contribution in [-0.2, 0) is 20.7 Å². The third kappa shape index (κ3) is 5.91. The summed E-state index contributed by atoms with van der Waals surface area (Å²) in [6, 6.07) is 2.01. The summed E-state index contributed by atoms with van der Waals surface area (Å²) in [4.78, 5) is 43.7. The van der Waals surface area contributed by atoms with Gasteiger partial charge >= 0.3 is 12.0 Å². The van der Waals surface area contributed by atoms with Gasteiger partial charge in [0.1, 0.15) is 12.1 Å². The van der Waals surface area contributed by atoms with E-state index in [1.54, 1.807) is 23.4 Å². The third-order valence-electron chi connectivity index (χ3n) is 5.70. The summed E-state index contributed by atoms with van der Waals surface area (Å²) in [6.07, 6.45) is 8.95. The molecule has 1 aromatic rings. The number of nitrogens with one attached hydrogen (secondary N) is 3. The van der Waals surface area contributed by atoms with Crippen molar-refractivity contribution in [3.63, 3.8) is 0 Å². The summed E-state index contributed by atoms with van der Waals surface area (Å²) >= 11 is 0. The number of hydrogen-bond acceptors (Lipinski definition) is 6. The molecule has 2 aliphatic rings. The summed E-state index contributed by atoms with van der Waals surface area (Å²) < 4.78 is 4.87. The number of methoxy groups -OCH3 is 1. The molecule has 3 N–H and O–H groups in total. The number of nitrogens with zero attached hydrogens (tertiary/aromatic N) is 2. The zero-order valence-corrected chi connectivity index (χ0v) is 17.4. The highest BCUT2D eigenvalue weighted by Crippen LogP contribution is 2.18. The van der Waals surface area contributed by atoms with Gasteiger partial charge in [-0.25, -0.2) is 9.59 Å². The van der Waals surface area contributed by atoms with Gasteiger partial charge in [0.15, 0.2) is 0 Å². The SMILES string of the molecule is COC(=O)C(Cc1cccnc1)NC(=O)C1CNCCN1C(=O)NC1CCCCC1. The van der Waals surface area contributed by atoms with E-state index in [4.69, 9.17) is 4.74 Å². The van der Waals surface area contributed by atoms with Crippen molar-refractivity contribution in [3.8, 4) is 0 Å². The fraction of sp³-hybridized carbons (Fsp3) is 0.619. The van der Waals surface area contributed by atoms with Crippen LogP contribution in [-0.4, -0.2) is 72.7 Å². The highest BCUT2D eigenvalue weighted by Gasteiger charge is 2.35. The average Bonchev–Trinajstić information content (AvgIpc) is 2.79. The summed E-state index contributed by atoms with van der Waals surface area (Å²) in [7, 11) is 1.29. The van der Waals surface area contributed by atoms with Gasteiger partial charge in [0.2, 0.25) is 5.91 Å². The minimum Gasteiger partial charge on any atom is -0.467 e. The maximum Gasteiger partial charge on any atom is 0.328 e. The Labute approximate surface area is 176 Å². The number of carbonyl (C=O) groups is 3. The lowest BCUT2D eigenvalue weighted by atomic mass is 9.96. The Morgan fingerprint density at radius 1 is 1.30 bits per heavy atom. The Kier molecular flexibility index (Phi) is 8.01. The van der Waals surface area contributed by atoms with Crippen LogP contribution in [0.15, 0.2) is 24.5 Å². The van der Waals surface area contributed by atoms with Gasteiger partial charge in [-0.1, -0.05) is 25.3 Å². The summed E-state index contributed by atoms with van der Waals surface area (Å²) in [5.41, 5.74) is 0.807. The molecule has 2 unspecified atom stereocenters. The molecule has 9 nitrogen and oxygen atoms in total. The van der Waals surface area contributed by atoms with Crippen molar-refractivity contribution in [2.45, 2.75) is 56.7 Å².